The Kier molecular flexibility index (Phi) is 8.68. The highest BCUT2D eigenvalue weighted by Crippen LogP contribution is 2.34. The summed E-state index contributed by atoms with van der Waals surface area (Å²) in [6.45, 7) is 0.595. The fraction of sp³-hybridized carbons (Fsp3) is 0.312. The molecule has 0 aliphatic carbocycles. The summed E-state index contributed by atoms with van der Waals surface area (Å²) in [5.41, 5.74) is 5.63. The molecule has 6 N–H and O–H groups in total. The number of carboxylic acid groups (broad SMARTS) is 2. The number of nitrogens with one attached hydrogen (secondary N) is 4. The van der Waals surface area contributed by atoms with Crippen LogP contribution in [-0.2, 0) is 9.59 Å². The first-order valence-corrected chi connectivity index (χ1v) is 15.1. The highest BCUT2D eigenvalue weighted by molar-refractivity contribution is 5.83. The minimum atomic E-state index is -1.23. The van der Waals surface area contributed by atoms with Crippen molar-refractivity contribution in [2.24, 2.45) is 0 Å². The first-order chi connectivity index (χ1) is 22.3. The monoisotopic (exact) mass is 626 g/mol. The zero-order chi connectivity index (χ0) is 32.2. The Morgan fingerprint density at radius 3 is 1.39 bits per heavy atom. The summed E-state index contributed by atoms with van der Waals surface area (Å²) < 4.78 is 0. The summed E-state index contributed by atoms with van der Waals surface area (Å²) >= 11 is 0. The molecule has 6 rings (SSSR count). The van der Waals surface area contributed by atoms with Gasteiger partial charge < -0.3 is 40.6 Å². The van der Waals surface area contributed by atoms with Crippen LogP contribution in [0.5, 0.6) is 0 Å². The molecule has 2 atom stereocenters. The van der Waals surface area contributed by atoms with E-state index < -0.39 is 12.2 Å². The van der Waals surface area contributed by atoms with Crippen LogP contribution in [0.4, 0.5) is 9.59 Å². The molecule has 0 spiro atoms. The number of rotatable bonds is 9. The molecule has 2 saturated heterocycles. The molecule has 0 radical (unpaired) electrons. The first-order valence-electron chi connectivity index (χ1n) is 15.1. The normalized spacial score (nSPS) is 17.7. The van der Waals surface area contributed by atoms with Crippen LogP contribution < -0.4 is 10.6 Å². The van der Waals surface area contributed by atoms with Crippen molar-refractivity contribution in [1.29, 1.82) is 0 Å². The maximum atomic E-state index is 12.5. The van der Waals surface area contributed by atoms with Crippen molar-refractivity contribution in [3.63, 3.8) is 0 Å². The van der Waals surface area contributed by atoms with Crippen LogP contribution >= 0.6 is 0 Å². The topological polar surface area (TPSA) is 197 Å². The van der Waals surface area contributed by atoms with E-state index >= 15 is 0 Å². The van der Waals surface area contributed by atoms with E-state index in [4.69, 9.17) is 10.2 Å². The molecular weight excluding hydrogens is 592 g/mol. The van der Waals surface area contributed by atoms with Gasteiger partial charge in [0.05, 0.1) is 35.9 Å². The average Bonchev–Trinajstić information content (AvgIpc) is 3.89. The Labute approximate surface area is 263 Å². The zero-order valence-corrected chi connectivity index (χ0v) is 24.9. The molecule has 14 heteroatoms. The van der Waals surface area contributed by atoms with Crippen molar-refractivity contribution in [3.8, 4) is 33.6 Å². The molecular formula is C32H34N8O6. The molecule has 0 saturated carbocycles. The van der Waals surface area contributed by atoms with Crippen LogP contribution in [0.2, 0.25) is 0 Å². The number of aromatic amines is 2. The predicted molar refractivity (Wildman–Crippen MR) is 166 cm³/mol. The average molecular weight is 627 g/mol. The standard InChI is InChI=1S/C32H34N8O6/c41-27(17-35-31(43)44)39-13-1-3-25(39)29-33-15-23(37-29)21-9-5-19(6-10-21)20-7-11-22(12-8-20)24-16-34-30(38-24)26-4-2-14-40(26)28(42)18-36-32(45)46/h5-12,15-16,25-26,35-36H,1-4,13-14,17-18H2,(H,33,37)(H,34,38)(H,43,44)(H,45,46). The number of likely N-dealkylation sites (tertiary alicyclic amines) is 2. The van der Waals surface area contributed by atoms with E-state index in [9.17, 15) is 19.2 Å². The highest BCUT2D eigenvalue weighted by atomic mass is 16.4. The lowest BCUT2D eigenvalue weighted by Gasteiger charge is -2.23. The number of benzene rings is 2. The van der Waals surface area contributed by atoms with Gasteiger partial charge >= 0.3 is 12.2 Å². The largest absolute Gasteiger partial charge is 0.465 e. The van der Waals surface area contributed by atoms with Crippen LogP contribution in [-0.4, -0.2) is 90.1 Å². The summed E-state index contributed by atoms with van der Waals surface area (Å²) in [7, 11) is 0. The zero-order valence-electron chi connectivity index (χ0n) is 24.9. The van der Waals surface area contributed by atoms with Crippen molar-refractivity contribution in [1.82, 2.24) is 40.4 Å². The van der Waals surface area contributed by atoms with Gasteiger partial charge in [0, 0.05) is 13.1 Å². The van der Waals surface area contributed by atoms with Crippen LogP contribution in [0.1, 0.15) is 49.4 Å². The molecule has 2 aromatic carbocycles. The lowest BCUT2D eigenvalue weighted by atomic mass is 10.0. The van der Waals surface area contributed by atoms with Gasteiger partial charge in [-0.25, -0.2) is 19.6 Å². The summed E-state index contributed by atoms with van der Waals surface area (Å²) in [5, 5.41) is 21.9. The van der Waals surface area contributed by atoms with Crippen LogP contribution in [0.3, 0.4) is 0 Å². The number of nitrogens with zero attached hydrogens (tertiary/aromatic N) is 4. The first kappa shape index (κ1) is 30.4. The number of imidazole rings is 2. The molecule has 2 fully saturated rings. The van der Waals surface area contributed by atoms with Gasteiger partial charge in [-0.15, -0.1) is 0 Å². The minimum absolute atomic E-state index is 0.221. The molecule has 46 heavy (non-hydrogen) atoms. The maximum Gasteiger partial charge on any atom is 0.405 e. The van der Waals surface area contributed by atoms with Crippen molar-refractivity contribution in [2.45, 2.75) is 37.8 Å². The fourth-order valence-corrected chi connectivity index (χ4v) is 6.19. The Balaban J connectivity index is 1.10. The molecule has 2 aromatic heterocycles. The molecule has 238 valence electrons. The van der Waals surface area contributed by atoms with Crippen molar-refractivity contribution in [2.75, 3.05) is 26.2 Å². The number of hydrogen-bond donors (Lipinski definition) is 6. The van der Waals surface area contributed by atoms with Gasteiger partial charge in [0.1, 0.15) is 24.7 Å². The van der Waals surface area contributed by atoms with Crippen LogP contribution in [0.15, 0.2) is 60.9 Å². The third-order valence-electron chi connectivity index (χ3n) is 8.48. The minimum Gasteiger partial charge on any atom is -0.465 e. The van der Waals surface area contributed by atoms with Gasteiger partial charge in [-0.3, -0.25) is 9.59 Å². The predicted octanol–water partition coefficient (Wildman–Crippen LogP) is 4.00. The van der Waals surface area contributed by atoms with Gasteiger partial charge in [0.2, 0.25) is 11.8 Å². The number of carbonyl (C=O) groups excluding carboxylic acids is 2. The van der Waals surface area contributed by atoms with Gasteiger partial charge in [-0.05, 0) is 47.9 Å². The van der Waals surface area contributed by atoms with E-state index in [1.165, 1.54) is 0 Å². The molecule has 0 bridgehead atoms. The van der Waals surface area contributed by atoms with Gasteiger partial charge in [-0.1, -0.05) is 48.5 Å². The van der Waals surface area contributed by atoms with E-state index in [2.05, 4.69) is 30.6 Å². The Morgan fingerprint density at radius 2 is 1.02 bits per heavy atom. The van der Waals surface area contributed by atoms with Crippen LogP contribution in [0, 0.1) is 0 Å². The third kappa shape index (κ3) is 6.55. The summed E-state index contributed by atoms with van der Waals surface area (Å²) in [5.74, 6) is 0.817. The highest BCUT2D eigenvalue weighted by Gasteiger charge is 2.33. The number of H-pyrrole nitrogens is 2. The number of carbonyl (C=O) groups is 4. The maximum absolute atomic E-state index is 12.5. The van der Waals surface area contributed by atoms with Crippen molar-refractivity contribution < 1.29 is 29.4 Å². The second-order valence-electron chi connectivity index (χ2n) is 11.3. The fourth-order valence-electron chi connectivity index (χ4n) is 6.19. The lowest BCUT2D eigenvalue weighted by Crippen LogP contribution is -2.39. The van der Waals surface area contributed by atoms with Crippen molar-refractivity contribution >= 4 is 24.0 Å². The number of hydrogen-bond acceptors (Lipinski definition) is 6. The molecule has 4 amide bonds. The van der Waals surface area contributed by atoms with E-state index in [1.807, 2.05) is 48.5 Å². The molecule has 2 unspecified atom stereocenters. The van der Waals surface area contributed by atoms with Gasteiger partial charge in [0.25, 0.3) is 0 Å². The quantitative estimate of drug-likeness (QED) is 0.160. The van der Waals surface area contributed by atoms with E-state index in [1.54, 1.807) is 22.2 Å². The van der Waals surface area contributed by atoms with E-state index in [0.29, 0.717) is 24.7 Å². The van der Waals surface area contributed by atoms with E-state index in [-0.39, 0.29) is 37.0 Å². The molecule has 4 heterocycles. The number of aromatic nitrogens is 4. The second-order valence-corrected chi connectivity index (χ2v) is 11.3. The Morgan fingerprint density at radius 1 is 0.652 bits per heavy atom. The van der Waals surface area contributed by atoms with Crippen molar-refractivity contribution in [3.05, 3.63) is 72.6 Å². The van der Waals surface area contributed by atoms with Gasteiger partial charge in [-0.2, -0.15) is 0 Å². The Bertz CT molecular complexity index is 1600. The third-order valence-corrected chi connectivity index (χ3v) is 8.48. The molecule has 2 aliphatic heterocycles. The molecule has 4 aromatic rings. The smallest absolute Gasteiger partial charge is 0.405 e. The van der Waals surface area contributed by atoms with E-state index in [0.717, 1.165) is 59.3 Å². The Hall–Kier alpha value is -5.66. The number of amides is 4. The summed E-state index contributed by atoms with van der Waals surface area (Å²) in [6.07, 6.45) is 4.20. The summed E-state index contributed by atoms with van der Waals surface area (Å²) in [4.78, 5) is 65.8. The van der Waals surface area contributed by atoms with Gasteiger partial charge in [0.15, 0.2) is 0 Å². The summed E-state index contributed by atoms with van der Waals surface area (Å²) in [6, 6.07) is 15.7. The SMILES string of the molecule is O=C(O)NCC(=O)N1CCCC1c1ncc(-c2ccc(-c3ccc(-c4cnc(C5CCCN5C(=O)CNC(=O)O)[nH]4)cc3)cc2)[nH]1. The lowest BCUT2D eigenvalue weighted by molar-refractivity contribution is -0.131. The molecule has 14 nitrogen and oxygen atoms in total. The molecule has 2 aliphatic rings. The van der Waals surface area contributed by atoms with Crippen LogP contribution in [0.25, 0.3) is 33.6 Å². The second kappa shape index (κ2) is 13.1.